The number of hydrogen-bond acceptors (Lipinski definition) is 5. The van der Waals surface area contributed by atoms with Crippen molar-refractivity contribution >= 4 is 39.9 Å². The molecule has 11 heteroatoms. The minimum Gasteiger partial charge on any atom is -0.464 e. The molecule has 6 rings (SSSR count). The van der Waals surface area contributed by atoms with E-state index in [9.17, 15) is 9.18 Å². The van der Waals surface area contributed by atoms with Crippen LogP contribution >= 0.6 is 11.6 Å². The van der Waals surface area contributed by atoms with Crippen LogP contribution in [-0.2, 0) is 4.79 Å². The molecule has 2 atom stereocenters. The van der Waals surface area contributed by atoms with Crippen LogP contribution in [0.1, 0.15) is 6.42 Å². The van der Waals surface area contributed by atoms with Gasteiger partial charge in [-0.2, -0.15) is 5.10 Å². The number of imidazole rings is 1. The number of fused-ring (bicyclic) bond motifs is 2. The lowest BCUT2D eigenvalue weighted by Gasteiger charge is -2.11. The van der Waals surface area contributed by atoms with E-state index in [1.54, 1.807) is 28.9 Å². The summed E-state index contributed by atoms with van der Waals surface area (Å²) < 4.78 is 35.4. The number of carbonyl (C=O) groups is 1. The molecule has 1 saturated carbocycles. The molecule has 1 aromatic carbocycles. The molecule has 160 valence electrons. The molecule has 2 unspecified atom stereocenters. The Labute approximate surface area is 183 Å². The Balaban J connectivity index is 1.45. The Morgan fingerprint density at radius 3 is 2.91 bits per heavy atom. The third kappa shape index (κ3) is 2.87. The Morgan fingerprint density at radius 1 is 1.31 bits per heavy atom. The van der Waals surface area contributed by atoms with Crippen molar-refractivity contribution in [2.75, 3.05) is 5.32 Å². The zero-order chi connectivity index (χ0) is 22.0. The molecular formula is C21H13ClF2N6O2. The van der Waals surface area contributed by atoms with Crippen LogP contribution in [0.5, 0.6) is 0 Å². The van der Waals surface area contributed by atoms with Crippen LogP contribution in [0.15, 0.2) is 47.6 Å². The molecular weight excluding hydrogens is 442 g/mol. The quantitative estimate of drug-likeness (QED) is 0.412. The number of benzene rings is 1. The first kappa shape index (κ1) is 18.9. The van der Waals surface area contributed by atoms with Crippen molar-refractivity contribution in [3.63, 3.8) is 0 Å². The van der Waals surface area contributed by atoms with E-state index in [1.165, 1.54) is 18.7 Å². The van der Waals surface area contributed by atoms with Gasteiger partial charge in [0.25, 0.3) is 0 Å². The summed E-state index contributed by atoms with van der Waals surface area (Å²) in [5.74, 6) is -1.12. The summed E-state index contributed by atoms with van der Waals surface area (Å²) in [5, 5.41) is 9.89. The summed E-state index contributed by atoms with van der Waals surface area (Å²) in [5.41, 5.74) is 1.77. The molecule has 0 radical (unpaired) electrons. The van der Waals surface area contributed by atoms with Crippen LogP contribution in [0, 0.1) is 11.7 Å². The van der Waals surface area contributed by atoms with Gasteiger partial charge < -0.3 is 14.1 Å². The molecule has 32 heavy (non-hydrogen) atoms. The van der Waals surface area contributed by atoms with Crippen LogP contribution in [-0.4, -0.2) is 36.6 Å². The topological polar surface area (TPSA) is 101 Å². The van der Waals surface area contributed by atoms with Crippen molar-refractivity contribution in [3.05, 3.63) is 54.0 Å². The van der Waals surface area contributed by atoms with Crippen molar-refractivity contribution in [2.45, 2.75) is 12.6 Å². The minimum atomic E-state index is -1.10. The van der Waals surface area contributed by atoms with E-state index in [1.807, 2.05) is 0 Å². The molecule has 1 aliphatic rings. The van der Waals surface area contributed by atoms with Gasteiger partial charge in [0.1, 0.15) is 11.9 Å². The summed E-state index contributed by atoms with van der Waals surface area (Å²) in [6, 6.07) is 3.29. The molecule has 0 bridgehead atoms. The third-order valence-corrected chi connectivity index (χ3v) is 5.81. The average Bonchev–Trinajstić information content (AvgIpc) is 3.21. The normalized spacial score (nSPS) is 17.8. The SMILES string of the molecule is O=C(Nc1cn2cc(-c3c(Cl)c(F)c(-c4ccco4)c4[nH]ncc34)ncc2n1)C1CC1F. The molecule has 1 aliphatic carbocycles. The predicted molar refractivity (Wildman–Crippen MR) is 112 cm³/mol. The van der Waals surface area contributed by atoms with Gasteiger partial charge in [-0.3, -0.25) is 14.9 Å². The van der Waals surface area contributed by atoms with Crippen molar-refractivity contribution in [3.8, 4) is 22.6 Å². The number of nitrogens with zero attached hydrogens (tertiary/aromatic N) is 4. The van der Waals surface area contributed by atoms with Crippen molar-refractivity contribution in [1.29, 1.82) is 0 Å². The molecule has 8 nitrogen and oxygen atoms in total. The zero-order valence-electron chi connectivity index (χ0n) is 16.1. The van der Waals surface area contributed by atoms with Gasteiger partial charge >= 0.3 is 0 Å². The number of anilines is 1. The smallest absolute Gasteiger partial charge is 0.231 e. The number of alkyl halides is 1. The Kier molecular flexibility index (Phi) is 4.06. The Bertz CT molecular complexity index is 1510. The third-order valence-electron chi connectivity index (χ3n) is 5.46. The van der Waals surface area contributed by atoms with E-state index >= 15 is 4.39 Å². The zero-order valence-corrected chi connectivity index (χ0v) is 16.9. The average molecular weight is 455 g/mol. The van der Waals surface area contributed by atoms with Gasteiger partial charge in [0.05, 0.1) is 52.6 Å². The number of aromatic nitrogens is 5. The van der Waals surface area contributed by atoms with E-state index in [-0.39, 0.29) is 22.8 Å². The van der Waals surface area contributed by atoms with Crippen molar-refractivity contribution < 1.29 is 18.0 Å². The van der Waals surface area contributed by atoms with Crippen LogP contribution < -0.4 is 5.32 Å². The first-order valence-corrected chi connectivity index (χ1v) is 10.1. The highest BCUT2D eigenvalue weighted by atomic mass is 35.5. The highest BCUT2D eigenvalue weighted by Gasteiger charge is 2.43. The second-order valence-corrected chi connectivity index (χ2v) is 7.90. The highest BCUT2D eigenvalue weighted by Crippen LogP contribution is 2.42. The summed E-state index contributed by atoms with van der Waals surface area (Å²) >= 11 is 6.45. The fourth-order valence-electron chi connectivity index (χ4n) is 3.76. The second kappa shape index (κ2) is 6.86. The molecule has 0 spiro atoms. The lowest BCUT2D eigenvalue weighted by molar-refractivity contribution is -0.117. The molecule has 4 heterocycles. The van der Waals surface area contributed by atoms with Gasteiger partial charge in [0.2, 0.25) is 5.91 Å². The lowest BCUT2D eigenvalue weighted by Crippen LogP contribution is -2.15. The van der Waals surface area contributed by atoms with Gasteiger partial charge in [0, 0.05) is 17.1 Å². The number of halogens is 3. The summed E-state index contributed by atoms with van der Waals surface area (Å²) in [6.07, 6.45) is 6.77. The van der Waals surface area contributed by atoms with Gasteiger partial charge in [-0.25, -0.2) is 13.8 Å². The van der Waals surface area contributed by atoms with Crippen molar-refractivity contribution in [1.82, 2.24) is 24.6 Å². The summed E-state index contributed by atoms with van der Waals surface area (Å²) in [4.78, 5) is 20.6. The fraction of sp³-hybridized carbons (Fsp3) is 0.143. The highest BCUT2D eigenvalue weighted by molar-refractivity contribution is 6.35. The lowest BCUT2D eigenvalue weighted by atomic mass is 10.0. The van der Waals surface area contributed by atoms with E-state index < -0.39 is 23.8 Å². The molecule has 0 aliphatic heterocycles. The number of carbonyl (C=O) groups excluding carboxylic acids is 1. The molecule has 1 fully saturated rings. The van der Waals surface area contributed by atoms with E-state index in [0.717, 1.165) is 0 Å². The number of furan rings is 1. The number of nitrogens with one attached hydrogen (secondary N) is 2. The number of aromatic amines is 1. The molecule has 5 aromatic rings. The van der Waals surface area contributed by atoms with Crippen LogP contribution in [0.3, 0.4) is 0 Å². The van der Waals surface area contributed by atoms with E-state index in [4.69, 9.17) is 16.0 Å². The Morgan fingerprint density at radius 2 is 2.16 bits per heavy atom. The fourth-order valence-corrected chi connectivity index (χ4v) is 4.05. The van der Waals surface area contributed by atoms with Gasteiger partial charge in [-0.1, -0.05) is 11.6 Å². The maximum Gasteiger partial charge on any atom is 0.231 e. The van der Waals surface area contributed by atoms with Gasteiger partial charge in [0.15, 0.2) is 17.3 Å². The second-order valence-electron chi connectivity index (χ2n) is 7.53. The van der Waals surface area contributed by atoms with Crippen LogP contribution in [0.25, 0.3) is 39.1 Å². The summed E-state index contributed by atoms with van der Waals surface area (Å²) in [6.45, 7) is 0. The molecule has 4 aromatic heterocycles. The monoisotopic (exact) mass is 454 g/mol. The minimum absolute atomic E-state index is 0.131. The van der Waals surface area contributed by atoms with E-state index in [0.29, 0.717) is 33.6 Å². The molecule has 1 amide bonds. The standard InChI is InChI=1S/C21H13ClF2N6O2/c22-18-16(10-5-26-29-20(10)17(19(18)24)13-2-1-3-32-13)12-7-30-8-14(27-15(30)6-25-12)28-21(31)9-4-11(9)23/h1-3,5-9,11H,4H2,(H,26,29)(H,28,31). The summed E-state index contributed by atoms with van der Waals surface area (Å²) in [7, 11) is 0. The van der Waals surface area contributed by atoms with Gasteiger partial charge in [-0.15, -0.1) is 0 Å². The molecule has 0 saturated heterocycles. The largest absolute Gasteiger partial charge is 0.464 e. The number of H-pyrrole nitrogens is 1. The maximum atomic E-state index is 15.3. The maximum absolute atomic E-state index is 15.3. The van der Waals surface area contributed by atoms with Crippen LogP contribution in [0.4, 0.5) is 14.6 Å². The number of amides is 1. The van der Waals surface area contributed by atoms with Gasteiger partial charge in [-0.05, 0) is 18.6 Å². The molecule has 2 N–H and O–H groups in total. The first-order chi connectivity index (χ1) is 15.5. The van der Waals surface area contributed by atoms with Crippen LogP contribution in [0.2, 0.25) is 5.02 Å². The van der Waals surface area contributed by atoms with Crippen molar-refractivity contribution in [2.24, 2.45) is 5.92 Å². The number of rotatable bonds is 4. The Hall–Kier alpha value is -3.79. The predicted octanol–water partition coefficient (Wildman–Crippen LogP) is 4.62. The van der Waals surface area contributed by atoms with E-state index in [2.05, 4.69) is 25.5 Å². The number of hydrogen-bond donors (Lipinski definition) is 2. The first-order valence-electron chi connectivity index (χ1n) is 9.69.